The fourth-order valence-corrected chi connectivity index (χ4v) is 3.88. The van der Waals surface area contributed by atoms with Gasteiger partial charge in [-0.3, -0.25) is 9.59 Å². The Hall–Kier alpha value is -1.11. The summed E-state index contributed by atoms with van der Waals surface area (Å²) in [5.41, 5.74) is 0. The number of fused-ring (bicyclic) bond motifs is 1. The van der Waals surface area contributed by atoms with E-state index in [1.165, 1.54) is 4.90 Å². The van der Waals surface area contributed by atoms with Crippen molar-refractivity contribution in [3.63, 3.8) is 0 Å². The Morgan fingerprint density at radius 2 is 2.14 bits per heavy atom. The topological polar surface area (TPSA) is 83.6 Å². The van der Waals surface area contributed by atoms with Crippen LogP contribution < -0.4 is 5.32 Å². The molecule has 0 unspecified atom stereocenters. The van der Waals surface area contributed by atoms with Crippen LogP contribution in [0.2, 0.25) is 0 Å². The normalized spacial score (nSPS) is 34.9. The van der Waals surface area contributed by atoms with Gasteiger partial charge in [0, 0.05) is 0 Å². The van der Waals surface area contributed by atoms with E-state index in [0.717, 1.165) is 0 Å². The molecule has 2 fully saturated rings. The number of carbonyl (C=O) groups excluding carboxylic acids is 2. The predicted molar refractivity (Wildman–Crippen MR) is 47.1 cm³/mol. The molecule has 78 valence electrons. The molecule has 0 aromatic rings. The van der Waals surface area contributed by atoms with Crippen molar-refractivity contribution in [3.05, 3.63) is 0 Å². The monoisotopic (exact) mass is 218 g/mol. The van der Waals surface area contributed by atoms with Crippen molar-refractivity contribution in [1.82, 2.24) is 10.2 Å². The number of hydrogen-bond acceptors (Lipinski definition) is 4. The lowest BCUT2D eigenvalue weighted by Gasteiger charge is -2.33. The Kier molecular flexibility index (Phi) is 1.99. The maximum Gasteiger partial charge on any atom is 0.239 e. The third-order valence-electron chi connectivity index (χ3n) is 2.56. The third-order valence-corrected chi connectivity index (χ3v) is 4.27. The molecule has 2 aliphatic heterocycles. The van der Waals surface area contributed by atoms with Gasteiger partial charge in [-0.15, -0.1) is 0 Å². The molecule has 0 aromatic carbocycles. The van der Waals surface area contributed by atoms with Crippen LogP contribution in [0.15, 0.2) is 0 Å². The number of nitrogens with zero attached hydrogens (tertiary/aromatic N) is 1. The van der Waals surface area contributed by atoms with E-state index in [4.69, 9.17) is 0 Å². The fourth-order valence-electron chi connectivity index (χ4n) is 1.94. The number of rotatable bonds is 1. The van der Waals surface area contributed by atoms with E-state index in [0.29, 0.717) is 6.41 Å². The fraction of sp³-hybridized carbons (Fsp3) is 0.714. The van der Waals surface area contributed by atoms with Crippen molar-refractivity contribution >= 4 is 22.2 Å². The van der Waals surface area contributed by atoms with E-state index < -0.39 is 15.9 Å². The molecule has 2 heterocycles. The van der Waals surface area contributed by atoms with E-state index in [2.05, 4.69) is 5.32 Å². The van der Waals surface area contributed by atoms with Crippen LogP contribution in [0.5, 0.6) is 0 Å². The van der Waals surface area contributed by atoms with Gasteiger partial charge in [-0.25, -0.2) is 8.42 Å². The van der Waals surface area contributed by atoms with Gasteiger partial charge < -0.3 is 10.2 Å². The van der Waals surface area contributed by atoms with E-state index >= 15 is 0 Å². The van der Waals surface area contributed by atoms with Crippen LogP contribution >= 0.6 is 0 Å². The molecule has 0 saturated carbocycles. The zero-order valence-electron chi connectivity index (χ0n) is 7.34. The van der Waals surface area contributed by atoms with Gasteiger partial charge in [0.25, 0.3) is 0 Å². The van der Waals surface area contributed by atoms with E-state index in [1.54, 1.807) is 0 Å². The van der Waals surface area contributed by atoms with E-state index in [1.807, 2.05) is 0 Å². The highest BCUT2D eigenvalue weighted by Gasteiger charge is 2.44. The first-order valence-electron chi connectivity index (χ1n) is 4.23. The lowest BCUT2D eigenvalue weighted by atomic mass is 10.1. The van der Waals surface area contributed by atoms with Crippen molar-refractivity contribution in [2.24, 2.45) is 0 Å². The second-order valence-corrected chi connectivity index (χ2v) is 5.75. The molecule has 0 bridgehead atoms. The molecule has 0 aromatic heterocycles. The summed E-state index contributed by atoms with van der Waals surface area (Å²) in [5, 5.41) is 2.58. The smallest absolute Gasteiger partial charge is 0.239 e. The number of hydrogen-bond donors (Lipinski definition) is 1. The van der Waals surface area contributed by atoms with Gasteiger partial charge in [-0.1, -0.05) is 0 Å². The van der Waals surface area contributed by atoms with Crippen LogP contribution in [0.1, 0.15) is 0 Å². The second-order valence-electron chi connectivity index (χ2n) is 3.60. The summed E-state index contributed by atoms with van der Waals surface area (Å²) < 4.78 is 22.5. The first kappa shape index (κ1) is 9.45. The molecule has 2 aliphatic rings. The Morgan fingerprint density at radius 1 is 1.43 bits per heavy atom. The zero-order valence-corrected chi connectivity index (χ0v) is 8.16. The number of piperazine rings is 1. The minimum Gasteiger partial charge on any atom is -0.349 e. The van der Waals surface area contributed by atoms with Gasteiger partial charge in [0.1, 0.15) is 0 Å². The first-order valence-corrected chi connectivity index (χ1v) is 6.05. The van der Waals surface area contributed by atoms with Gasteiger partial charge in [0.15, 0.2) is 9.84 Å². The summed E-state index contributed by atoms with van der Waals surface area (Å²) in [6.07, 6.45) is 0.539. The third kappa shape index (κ3) is 1.47. The van der Waals surface area contributed by atoms with Crippen LogP contribution in [-0.2, 0) is 19.4 Å². The standard InChI is InChI=1S/C7H10N2O4S/c10-4-9-1-7(11)8-5-2-14(12,13)3-6(5)9/h4-6H,1-3H2,(H,8,11)/t5-,6-/m1/s1. The van der Waals surface area contributed by atoms with Crippen LogP contribution in [0, 0.1) is 0 Å². The molecule has 14 heavy (non-hydrogen) atoms. The van der Waals surface area contributed by atoms with Crippen molar-refractivity contribution in [2.75, 3.05) is 18.1 Å². The minimum absolute atomic E-state index is 0.0415. The molecule has 2 rings (SSSR count). The average Bonchev–Trinajstić information content (AvgIpc) is 2.37. The molecule has 0 spiro atoms. The summed E-state index contributed by atoms with van der Waals surface area (Å²) in [6, 6.07) is -0.804. The quantitative estimate of drug-likeness (QED) is 0.503. The van der Waals surface area contributed by atoms with E-state index in [-0.39, 0.29) is 30.0 Å². The summed E-state index contributed by atoms with van der Waals surface area (Å²) in [6.45, 7) is -0.0415. The van der Waals surface area contributed by atoms with Crippen LogP contribution in [0.3, 0.4) is 0 Å². The zero-order chi connectivity index (χ0) is 10.3. The van der Waals surface area contributed by atoms with Gasteiger partial charge >= 0.3 is 0 Å². The van der Waals surface area contributed by atoms with Gasteiger partial charge in [0.2, 0.25) is 12.3 Å². The number of nitrogens with one attached hydrogen (secondary N) is 1. The molecule has 2 atom stereocenters. The molecule has 2 saturated heterocycles. The maximum absolute atomic E-state index is 11.3. The molecule has 2 amide bonds. The van der Waals surface area contributed by atoms with Crippen molar-refractivity contribution in [3.8, 4) is 0 Å². The average molecular weight is 218 g/mol. The second kappa shape index (κ2) is 2.94. The first-order chi connectivity index (χ1) is 6.52. The van der Waals surface area contributed by atoms with Gasteiger partial charge in [0.05, 0.1) is 30.1 Å². The van der Waals surface area contributed by atoms with Crippen molar-refractivity contribution in [2.45, 2.75) is 12.1 Å². The summed E-state index contributed by atoms with van der Waals surface area (Å²) >= 11 is 0. The maximum atomic E-state index is 11.3. The summed E-state index contributed by atoms with van der Waals surface area (Å²) in [5.74, 6) is -0.403. The summed E-state index contributed by atoms with van der Waals surface area (Å²) in [4.78, 5) is 22.9. The lowest BCUT2D eigenvalue weighted by molar-refractivity contribution is -0.133. The highest BCUT2D eigenvalue weighted by atomic mass is 32.2. The molecular weight excluding hydrogens is 208 g/mol. The predicted octanol–water partition coefficient (Wildman–Crippen LogP) is -2.26. The van der Waals surface area contributed by atoms with Crippen LogP contribution in [-0.4, -0.2) is 55.8 Å². The minimum atomic E-state index is -3.11. The summed E-state index contributed by atoms with van der Waals surface area (Å²) in [7, 11) is -3.11. The number of carbonyl (C=O) groups is 2. The van der Waals surface area contributed by atoms with Crippen molar-refractivity contribution in [1.29, 1.82) is 0 Å². The van der Waals surface area contributed by atoms with Crippen molar-refractivity contribution < 1.29 is 18.0 Å². The molecule has 0 aliphatic carbocycles. The molecular formula is C7H10N2O4S. The molecule has 6 nitrogen and oxygen atoms in total. The number of sulfone groups is 1. The Morgan fingerprint density at radius 3 is 2.79 bits per heavy atom. The Balaban J connectivity index is 2.27. The Bertz CT molecular complexity index is 377. The molecule has 0 radical (unpaired) electrons. The molecule has 7 heteroatoms. The lowest BCUT2D eigenvalue weighted by Crippen LogP contribution is -2.59. The SMILES string of the molecule is O=CN1CC(=O)N[C@@H]2CS(=O)(=O)C[C@H]21. The molecule has 1 N–H and O–H groups in total. The van der Waals surface area contributed by atoms with E-state index in [9.17, 15) is 18.0 Å². The Labute approximate surface area is 81.2 Å². The van der Waals surface area contributed by atoms with Gasteiger partial charge in [-0.05, 0) is 0 Å². The van der Waals surface area contributed by atoms with Crippen LogP contribution in [0.4, 0.5) is 0 Å². The largest absolute Gasteiger partial charge is 0.349 e. The van der Waals surface area contributed by atoms with Crippen LogP contribution in [0.25, 0.3) is 0 Å². The number of amides is 2. The highest BCUT2D eigenvalue weighted by Crippen LogP contribution is 2.20. The highest BCUT2D eigenvalue weighted by molar-refractivity contribution is 7.91. The van der Waals surface area contributed by atoms with Gasteiger partial charge in [-0.2, -0.15) is 0 Å².